The van der Waals surface area contributed by atoms with Crippen LogP contribution in [0.15, 0.2) is 0 Å². The van der Waals surface area contributed by atoms with E-state index < -0.39 is 0 Å². The summed E-state index contributed by atoms with van der Waals surface area (Å²) in [7, 11) is 2.23. The quantitative estimate of drug-likeness (QED) is 0.772. The minimum Gasteiger partial charge on any atom is -0.381 e. The fourth-order valence-corrected chi connectivity index (χ4v) is 2.97. The van der Waals surface area contributed by atoms with E-state index in [4.69, 9.17) is 4.74 Å². The lowest BCUT2D eigenvalue weighted by Gasteiger charge is -2.37. The number of hydrogen-bond acceptors (Lipinski definition) is 3. The molecule has 2 aliphatic heterocycles. The van der Waals surface area contributed by atoms with E-state index in [1.807, 2.05) is 0 Å². The summed E-state index contributed by atoms with van der Waals surface area (Å²) in [4.78, 5) is 2.44. The van der Waals surface area contributed by atoms with Gasteiger partial charge in [0, 0.05) is 31.8 Å². The van der Waals surface area contributed by atoms with Crippen LogP contribution in [0.4, 0.5) is 0 Å². The molecule has 0 aromatic rings. The Morgan fingerprint density at radius 2 is 2.06 bits per heavy atom. The van der Waals surface area contributed by atoms with Crippen molar-refractivity contribution in [2.24, 2.45) is 5.92 Å². The maximum Gasteiger partial charge on any atom is 0.0480 e. The van der Waals surface area contributed by atoms with Crippen LogP contribution < -0.4 is 5.32 Å². The monoisotopic (exact) mass is 226 g/mol. The molecule has 2 aliphatic rings. The van der Waals surface area contributed by atoms with Gasteiger partial charge in [0.1, 0.15) is 0 Å². The van der Waals surface area contributed by atoms with Crippen LogP contribution in [0.3, 0.4) is 0 Å². The zero-order valence-corrected chi connectivity index (χ0v) is 10.7. The Bertz CT molecular complexity index is 202. The second kappa shape index (κ2) is 5.99. The van der Waals surface area contributed by atoms with Gasteiger partial charge in [-0.15, -0.1) is 0 Å². The molecule has 0 aliphatic carbocycles. The smallest absolute Gasteiger partial charge is 0.0480 e. The van der Waals surface area contributed by atoms with E-state index in [2.05, 4.69) is 24.2 Å². The molecule has 0 aromatic carbocycles. The van der Waals surface area contributed by atoms with Gasteiger partial charge in [0.2, 0.25) is 0 Å². The SMILES string of the molecule is CC1CN(C)CCC1NC1CCCOCC1. The van der Waals surface area contributed by atoms with Crippen LogP contribution in [0.25, 0.3) is 0 Å². The Labute approximate surface area is 99.5 Å². The van der Waals surface area contributed by atoms with Crippen LogP contribution in [-0.4, -0.2) is 50.3 Å². The van der Waals surface area contributed by atoms with Crippen molar-refractivity contribution in [3.8, 4) is 0 Å². The van der Waals surface area contributed by atoms with Gasteiger partial charge in [0.15, 0.2) is 0 Å². The molecule has 3 unspecified atom stereocenters. The lowest BCUT2D eigenvalue weighted by molar-refractivity contribution is 0.137. The second-order valence-corrected chi connectivity index (χ2v) is 5.54. The number of nitrogens with one attached hydrogen (secondary N) is 1. The Balaban J connectivity index is 1.79. The molecule has 3 nitrogen and oxygen atoms in total. The molecule has 0 spiro atoms. The average Bonchev–Trinajstić information content (AvgIpc) is 2.51. The van der Waals surface area contributed by atoms with Crippen molar-refractivity contribution in [3.05, 3.63) is 0 Å². The number of ether oxygens (including phenoxy) is 1. The van der Waals surface area contributed by atoms with Gasteiger partial charge in [0.05, 0.1) is 0 Å². The average molecular weight is 226 g/mol. The zero-order valence-electron chi connectivity index (χ0n) is 10.7. The molecule has 0 saturated carbocycles. The van der Waals surface area contributed by atoms with Crippen LogP contribution in [0.2, 0.25) is 0 Å². The van der Waals surface area contributed by atoms with Crippen LogP contribution >= 0.6 is 0 Å². The van der Waals surface area contributed by atoms with E-state index in [9.17, 15) is 0 Å². The fraction of sp³-hybridized carbons (Fsp3) is 1.00. The summed E-state index contributed by atoms with van der Waals surface area (Å²) in [5.41, 5.74) is 0. The highest BCUT2D eigenvalue weighted by Gasteiger charge is 2.26. The van der Waals surface area contributed by atoms with Crippen molar-refractivity contribution in [1.82, 2.24) is 10.2 Å². The lowest BCUT2D eigenvalue weighted by Crippen LogP contribution is -2.50. The fourth-order valence-electron chi connectivity index (χ4n) is 2.97. The normalized spacial score (nSPS) is 38.2. The summed E-state index contributed by atoms with van der Waals surface area (Å²) in [5.74, 6) is 0.780. The third-order valence-corrected chi connectivity index (χ3v) is 4.01. The summed E-state index contributed by atoms with van der Waals surface area (Å²) < 4.78 is 5.51. The molecular weight excluding hydrogens is 200 g/mol. The van der Waals surface area contributed by atoms with Crippen molar-refractivity contribution in [2.75, 3.05) is 33.4 Å². The lowest BCUT2D eigenvalue weighted by atomic mass is 9.92. The highest BCUT2D eigenvalue weighted by atomic mass is 16.5. The molecule has 2 rings (SSSR count). The summed E-state index contributed by atoms with van der Waals surface area (Å²) in [6, 6.07) is 1.41. The highest BCUT2D eigenvalue weighted by molar-refractivity contribution is 4.84. The van der Waals surface area contributed by atoms with E-state index >= 15 is 0 Å². The molecule has 16 heavy (non-hydrogen) atoms. The summed E-state index contributed by atoms with van der Waals surface area (Å²) in [5, 5.41) is 3.86. The van der Waals surface area contributed by atoms with E-state index in [0.717, 1.165) is 25.2 Å². The summed E-state index contributed by atoms with van der Waals surface area (Å²) >= 11 is 0. The number of likely N-dealkylation sites (tertiary alicyclic amines) is 1. The predicted octanol–water partition coefficient (Wildman–Crippen LogP) is 1.49. The number of hydrogen-bond donors (Lipinski definition) is 1. The van der Waals surface area contributed by atoms with Crippen LogP contribution in [0.5, 0.6) is 0 Å². The molecule has 3 atom stereocenters. The van der Waals surface area contributed by atoms with Gasteiger partial charge >= 0.3 is 0 Å². The van der Waals surface area contributed by atoms with Crippen molar-refractivity contribution < 1.29 is 4.74 Å². The van der Waals surface area contributed by atoms with Gasteiger partial charge in [0.25, 0.3) is 0 Å². The predicted molar refractivity (Wildman–Crippen MR) is 66.7 cm³/mol. The maximum atomic E-state index is 5.51. The molecule has 0 radical (unpaired) electrons. The van der Waals surface area contributed by atoms with E-state index in [1.165, 1.54) is 38.8 Å². The Hall–Kier alpha value is -0.120. The van der Waals surface area contributed by atoms with E-state index in [0.29, 0.717) is 6.04 Å². The molecule has 94 valence electrons. The van der Waals surface area contributed by atoms with Crippen molar-refractivity contribution >= 4 is 0 Å². The largest absolute Gasteiger partial charge is 0.381 e. The summed E-state index contributed by atoms with van der Waals surface area (Å²) in [6.45, 7) is 6.76. The standard InChI is InChI=1S/C13H26N2O/c1-11-10-15(2)7-5-13(11)14-12-4-3-8-16-9-6-12/h11-14H,3-10H2,1-2H3. The Kier molecular flexibility index (Phi) is 4.62. The van der Waals surface area contributed by atoms with Crippen LogP contribution in [0, 0.1) is 5.92 Å². The minimum atomic E-state index is 0.693. The molecule has 3 heteroatoms. The minimum absolute atomic E-state index is 0.693. The zero-order chi connectivity index (χ0) is 11.4. The molecule has 0 bridgehead atoms. The van der Waals surface area contributed by atoms with Crippen LogP contribution in [0.1, 0.15) is 32.6 Å². The first kappa shape index (κ1) is 12.3. The van der Waals surface area contributed by atoms with Gasteiger partial charge in [-0.2, -0.15) is 0 Å². The van der Waals surface area contributed by atoms with Crippen molar-refractivity contribution in [1.29, 1.82) is 0 Å². The topological polar surface area (TPSA) is 24.5 Å². The Morgan fingerprint density at radius 3 is 2.88 bits per heavy atom. The van der Waals surface area contributed by atoms with Gasteiger partial charge in [-0.1, -0.05) is 6.92 Å². The first-order chi connectivity index (χ1) is 7.75. The number of piperidine rings is 1. The summed E-state index contributed by atoms with van der Waals surface area (Å²) in [6.07, 6.45) is 5.01. The van der Waals surface area contributed by atoms with E-state index in [-0.39, 0.29) is 0 Å². The first-order valence-corrected chi connectivity index (χ1v) is 6.78. The molecular formula is C13H26N2O. The van der Waals surface area contributed by atoms with Crippen LogP contribution in [-0.2, 0) is 4.74 Å². The third kappa shape index (κ3) is 3.44. The first-order valence-electron chi connectivity index (χ1n) is 6.78. The highest BCUT2D eigenvalue weighted by Crippen LogP contribution is 2.18. The third-order valence-electron chi connectivity index (χ3n) is 4.01. The molecule has 2 heterocycles. The molecule has 2 fully saturated rings. The molecule has 2 saturated heterocycles. The molecule has 0 amide bonds. The second-order valence-electron chi connectivity index (χ2n) is 5.54. The van der Waals surface area contributed by atoms with Crippen molar-refractivity contribution in [2.45, 2.75) is 44.7 Å². The van der Waals surface area contributed by atoms with Gasteiger partial charge in [-0.25, -0.2) is 0 Å². The van der Waals surface area contributed by atoms with Gasteiger partial charge < -0.3 is 15.0 Å². The van der Waals surface area contributed by atoms with Crippen molar-refractivity contribution in [3.63, 3.8) is 0 Å². The van der Waals surface area contributed by atoms with E-state index in [1.54, 1.807) is 0 Å². The Morgan fingerprint density at radius 1 is 1.19 bits per heavy atom. The van der Waals surface area contributed by atoms with Gasteiger partial charge in [-0.3, -0.25) is 0 Å². The molecule has 0 aromatic heterocycles. The number of nitrogens with zero attached hydrogens (tertiary/aromatic N) is 1. The molecule has 1 N–H and O–H groups in total. The number of rotatable bonds is 2. The van der Waals surface area contributed by atoms with Gasteiger partial charge in [-0.05, 0) is 45.2 Å². The maximum absolute atomic E-state index is 5.51.